The number of rotatable bonds is 4. The maximum absolute atomic E-state index is 11.7. The largest absolute Gasteiger partial charge is 0.343 e. The topological polar surface area (TPSA) is 63.1 Å². The van der Waals surface area contributed by atoms with Crippen LogP contribution in [-0.4, -0.2) is 52.5 Å². The van der Waals surface area contributed by atoms with Crippen molar-refractivity contribution in [1.82, 2.24) is 25.2 Å². The first-order valence-electron chi connectivity index (χ1n) is 6.52. The molecule has 1 aromatic heterocycles. The second-order valence-corrected chi connectivity index (χ2v) is 5.00. The Morgan fingerprint density at radius 3 is 2.95 bits per heavy atom. The molecule has 1 fully saturated rings. The van der Waals surface area contributed by atoms with Crippen molar-refractivity contribution in [2.24, 2.45) is 0 Å². The number of hydrogen-bond donors (Lipinski definition) is 1. The molecule has 1 amide bonds. The molecule has 108 valence electrons. The maximum Gasteiger partial charge on any atom is 0.275 e. The molecule has 2 heterocycles. The summed E-state index contributed by atoms with van der Waals surface area (Å²) in [7, 11) is 3.43. The van der Waals surface area contributed by atoms with E-state index in [9.17, 15) is 4.79 Å². The van der Waals surface area contributed by atoms with Crippen LogP contribution in [0.25, 0.3) is 0 Å². The SMILES string of the molecule is CN(C)C(=O)c1cn(CCC2CCCCN2)nn1.Cl. The highest BCUT2D eigenvalue weighted by molar-refractivity contribution is 5.91. The number of halogens is 1. The minimum absolute atomic E-state index is 0. The number of aryl methyl sites for hydroxylation is 1. The van der Waals surface area contributed by atoms with E-state index in [1.54, 1.807) is 25.0 Å². The number of amides is 1. The highest BCUT2D eigenvalue weighted by Gasteiger charge is 2.15. The molecule has 2 rings (SSSR count). The van der Waals surface area contributed by atoms with Crippen LogP contribution < -0.4 is 5.32 Å². The van der Waals surface area contributed by atoms with Crippen molar-refractivity contribution in [3.05, 3.63) is 11.9 Å². The van der Waals surface area contributed by atoms with Crippen LogP contribution in [0.3, 0.4) is 0 Å². The van der Waals surface area contributed by atoms with Gasteiger partial charge < -0.3 is 10.2 Å². The molecule has 0 saturated carbocycles. The molecule has 6 nitrogen and oxygen atoms in total. The Labute approximate surface area is 119 Å². The molecule has 0 aliphatic carbocycles. The third kappa shape index (κ3) is 4.47. The molecule has 1 saturated heterocycles. The van der Waals surface area contributed by atoms with E-state index in [0.717, 1.165) is 19.5 Å². The summed E-state index contributed by atoms with van der Waals surface area (Å²) in [6, 6.07) is 0.580. The van der Waals surface area contributed by atoms with Gasteiger partial charge in [0.1, 0.15) is 0 Å². The van der Waals surface area contributed by atoms with E-state index >= 15 is 0 Å². The molecule has 19 heavy (non-hydrogen) atoms. The third-order valence-electron chi connectivity index (χ3n) is 3.28. The highest BCUT2D eigenvalue weighted by Crippen LogP contribution is 2.10. The van der Waals surface area contributed by atoms with Crippen LogP contribution in [0, 0.1) is 0 Å². The monoisotopic (exact) mass is 287 g/mol. The van der Waals surface area contributed by atoms with Gasteiger partial charge in [-0.2, -0.15) is 0 Å². The number of carbonyl (C=O) groups excluding carboxylic acids is 1. The average Bonchev–Trinajstić information content (AvgIpc) is 2.85. The van der Waals surface area contributed by atoms with Crippen LogP contribution in [0.2, 0.25) is 0 Å². The van der Waals surface area contributed by atoms with E-state index in [2.05, 4.69) is 15.6 Å². The van der Waals surface area contributed by atoms with Crippen molar-refractivity contribution >= 4 is 18.3 Å². The van der Waals surface area contributed by atoms with Gasteiger partial charge >= 0.3 is 0 Å². The molecule has 0 aromatic carbocycles. The summed E-state index contributed by atoms with van der Waals surface area (Å²) >= 11 is 0. The van der Waals surface area contributed by atoms with Crippen LogP contribution in [0.4, 0.5) is 0 Å². The normalized spacial score (nSPS) is 18.7. The summed E-state index contributed by atoms with van der Waals surface area (Å²) in [6.45, 7) is 1.93. The molecule has 1 atom stereocenters. The molecular weight excluding hydrogens is 266 g/mol. The van der Waals surface area contributed by atoms with Gasteiger partial charge in [-0.05, 0) is 25.8 Å². The van der Waals surface area contributed by atoms with Crippen molar-refractivity contribution in [3.63, 3.8) is 0 Å². The Bertz CT molecular complexity index is 401. The Kier molecular flexibility index (Phi) is 6.24. The predicted molar refractivity (Wildman–Crippen MR) is 75.5 cm³/mol. The van der Waals surface area contributed by atoms with Crippen molar-refractivity contribution < 1.29 is 4.79 Å². The molecule has 1 N–H and O–H groups in total. The van der Waals surface area contributed by atoms with E-state index in [1.165, 1.54) is 24.2 Å². The van der Waals surface area contributed by atoms with Crippen LogP contribution >= 0.6 is 12.4 Å². The van der Waals surface area contributed by atoms with Gasteiger partial charge in [-0.25, -0.2) is 0 Å². The molecule has 0 radical (unpaired) electrons. The number of carbonyl (C=O) groups is 1. The zero-order chi connectivity index (χ0) is 13.0. The lowest BCUT2D eigenvalue weighted by molar-refractivity contribution is 0.0822. The van der Waals surface area contributed by atoms with Crippen molar-refractivity contribution in [2.45, 2.75) is 38.3 Å². The summed E-state index contributed by atoms with van der Waals surface area (Å²) in [5, 5.41) is 11.4. The van der Waals surface area contributed by atoms with E-state index in [-0.39, 0.29) is 18.3 Å². The van der Waals surface area contributed by atoms with Gasteiger partial charge in [0, 0.05) is 26.7 Å². The predicted octanol–water partition coefficient (Wildman–Crippen LogP) is 0.934. The van der Waals surface area contributed by atoms with Gasteiger partial charge in [-0.3, -0.25) is 9.48 Å². The molecule has 1 aliphatic rings. The number of hydrogen-bond acceptors (Lipinski definition) is 4. The summed E-state index contributed by atoms with van der Waals surface area (Å²) in [4.78, 5) is 13.2. The van der Waals surface area contributed by atoms with Crippen molar-refractivity contribution in [1.29, 1.82) is 0 Å². The Hall–Kier alpha value is -1.14. The van der Waals surface area contributed by atoms with Gasteiger partial charge in [-0.15, -0.1) is 17.5 Å². The molecule has 1 unspecified atom stereocenters. The molecule has 0 spiro atoms. The number of nitrogens with one attached hydrogen (secondary N) is 1. The van der Waals surface area contributed by atoms with Gasteiger partial charge in [0.2, 0.25) is 0 Å². The Balaban J connectivity index is 0.00000180. The van der Waals surface area contributed by atoms with E-state index in [0.29, 0.717) is 11.7 Å². The average molecular weight is 288 g/mol. The first-order valence-corrected chi connectivity index (χ1v) is 6.52. The third-order valence-corrected chi connectivity index (χ3v) is 3.28. The quantitative estimate of drug-likeness (QED) is 0.895. The lowest BCUT2D eigenvalue weighted by Gasteiger charge is -2.23. The van der Waals surface area contributed by atoms with Crippen LogP contribution in [-0.2, 0) is 6.54 Å². The second kappa shape index (κ2) is 7.45. The van der Waals surface area contributed by atoms with Gasteiger partial charge in [0.25, 0.3) is 5.91 Å². The molecule has 1 aliphatic heterocycles. The lowest BCUT2D eigenvalue weighted by atomic mass is 10.0. The van der Waals surface area contributed by atoms with Gasteiger partial charge in [-0.1, -0.05) is 11.6 Å². The molecule has 7 heteroatoms. The minimum atomic E-state index is -0.1000. The van der Waals surface area contributed by atoms with E-state index in [4.69, 9.17) is 0 Å². The standard InChI is InChI=1S/C12H21N5O.ClH/c1-16(2)12(18)11-9-17(15-14-11)8-6-10-5-3-4-7-13-10;/h9-10,13H,3-8H2,1-2H3;1H. The summed E-state index contributed by atoms with van der Waals surface area (Å²) in [6.07, 6.45) is 6.59. The zero-order valence-corrected chi connectivity index (χ0v) is 12.3. The fourth-order valence-electron chi connectivity index (χ4n) is 2.19. The molecule has 1 aromatic rings. The number of nitrogens with zero attached hydrogens (tertiary/aromatic N) is 4. The number of aromatic nitrogens is 3. The molecular formula is C12H22ClN5O. The summed E-state index contributed by atoms with van der Waals surface area (Å²) in [5.41, 5.74) is 0.414. The van der Waals surface area contributed by atoms with Crippen LogP contribution in [0.15, 0.2) is 6.20 Å². The van der Waals surface area contributed by atoms with Crippen molar-refractivity contribution in [3.8, 4) is 0 Å². The van der Waals surface area contributed by atoms with Crippen LogP contribution in [0.5, 0.6) is 0 Å². The fourth-order valence-corrected chi connectivity index (χ4v) is 2.19. The smallest absolute Gasteiger partial charge is 0.275 e. The first kappa shape index (κ1) is 15.9. The minimum Gasteiger partial charge on any atom is -0.343 e. The lowest BCUT2D eigenvalue weighted by Crippen LogP contribution is -2.34. The van der Waals surface area contributed by atoms with Gasteiger partial charge in [0.15, 0.2) is 5.69 Å². The van der Waals surface area contributed by atoms with Crippen molar-refractivity contribution in [2.75, 3.05) is 20.6 Å². The van der Waals surface area contributed by atoms with E-state index in [1.807, 2.05) is 0 Å². The second-order valence-electron chi connectivity index (χ2n) is 5.00. The summed E-state index contributed by atoms with van der Waals surface area (Å²) in [5.74, 6) is -0.1000. The van der Waals surface area contributed by atoms with Crippen LogP contribution in [0.1, 0.15) is 36.2 Å². The zero-order valence-electron chi connectivity index (χ0n) is 11.5. The number of piperidine rings is 1. The van der Waals surface area contributed by atoms with Gasteiger partial charge in [0.05, 0.1) is 6.20 Å². The Morgan fingerprint density at radius 2 is 2.32 bits per heavy atom. The fraction of sp³-hybridized carbons (Fsp3) is 0.750. The summed E-state index contributed by atoms with van der Waals surface area (Å²) < 4.78 is 1.76. The Morgan fingerprint density at radius 1 is 1.53 bits per heavy atom. The first-order chi connectivity index (χ1) is 8.66. The molecule has 0 bridgehead atoms. The maximum atomic E-state index is 11.7. The highest BCUT2D eigenvalue weighted by atomic mass is 35.5. The van der Waals surface area contributed by atoms with E-state index < -0.39 is 0 Å².